The van der Waals surface area contributed by atoms with Crippen molar-refractivity contribution in [3.05, 3.63) is 11.1 Å². The molecule has 1 aromatic heterocycles. The Morgan fingerprint density at radius 1 is 1.42 bits per heavy atom. The van der Waals surface area contributed by atoms with E-state index in [1.807, 2.05) is 13.8 Å². The van der Waals surface area contributed by atoms with E-state index in [0.717, 1.165) is 6.20 Å². The van der Waals surface area contributed by atoms with E-state index in [0.29, 0.717) is 11.3 Å². The molecule has 1 heterocycles. The van der Waals surface area contributed by atoms with Crippen LogP contribution < -0.4 is 5.73 Å². The first-order chi connectivity index (χ1) is 5.50. The molecule has 1 rings (SSSR count). The standard InChI is InChI=1S/C4H3F3N2S.C2H6/c5-4(6,7)2-1-9-3(8)10-2;1-2/h1H,(H2,8,9);1-2H3. The highest BCUT2D eigenvalue weighted by Crippen LogP contribution is 2.33. The van der Waals surface area contributed by atoms with Crippen LogP contribution >= 0.6 is 11.3 Å². The lowest BCUT2D eigenvalue weighted by Gasteiger charge is -1.98. The van der Waals surface area contributed by atoms with Gasteiger partial charge in [-0.05, 0) is 0 Å². The molecule has 12 heavy (non-hydrogen) atoms. The van der Waals surface area contributed by atoms with Gasteiger partial charge in [0, 0.05) is 0 Å². The summed E-state index contributed by atoms with van der Waals surface area (Å²) in [6, 6.07) is 0. The maximum atomic E-state index is 11.7. The highest BCUT2D eigenvalue weighted by molar-refractivity contribution is 7.15. The third-order valence-corrected chi connectivity index (χ3v) is 1.67. The van der Waals surface area contributed by atoms with Crippen molar-refractivity contribution in [1.82, 2.24) is 4.98 Å². The molecular formula is C6H9F3N2S. The number of thiazole rings is 1. The van der Waals surface area contributed by atoms with Crippen molar-refractivity contribution in [3.8, 4) is 0 Å². The topological polar surface area (TPSA) is 38.9 Å². The van der Waals surface area contributed by atoms with Gasteiger partial charge in [0.1, 0.15) is 4.88 Å². The molecule has 2 N–H and O–H groups in total. The minimum absolute atomic E-state index is 0.0627. The van der Waals surface area contributed by atoms with Crippen molar-refractivity contribution < 1.29 is 13.2 Å². The van der Waals surface area contributed by atoms with Gasteiger partial charge < -0.3 is 5.73 Å². The third-order valence-electron chi connectivity index (χ3n) is 0.803. The predicted octanol–water partition coefficient (Wildman–Crippen LogP) is 2.77. The molecule has 0 saturated heterocycles. The summed E-state index contributed by atoms with van der Waals surface area (Å²) in [5.74, 6) is 0. The third kappa shape index (κ3) is 3.08. The predicted molar refractivity (Wildman–Crippen MR) is 42.9 cm³/mol. The summed E-state index contributed by atoms with van der Waals surface area (Å²) >= 11 is 0.436. The van der Waals surface area contributed by atoms with Crippen molar-refractivity contribution in [2.24, 2.45) is 0 Å². The Hall–Kier alpha value is -0.780. The SMILES string of the molecule is CC.Nc1ncc(C(F)(F)F)s1. The number of hydrogen-bond acceptors (Lipinski definition) is 3. The van der Waals surface area contributed by atoms with Gasteiger partial charge in [0.2, 0.25) is 0 Å². The molecule has 0 saturated carbocycles. The molecule has 70 valence electrons. The molecular weight excluding hydrogens is 189 g/mol. The lowest BCUT2D eigenvalue weighted by atomic mass is 10.5. The largest absolute Gasteiger partial charge is 0.427 e. The van der Waals surface area contributed by atoms with Gasteiger partial charge in [-0.2, -0.15) is 13.2 Å². The summed E-state index contributed by atoms with van der Waals surface area (Å²) in [5.41, 5.74) is 4.98. The normalized spacial score (nSPS) is 10.4. The zero-order valence-corrected chi connectivity index (χ0v) is 7.46. The summed E-state index contributed by atoms with van der Waals surface area (Å²) in [6.45, 7) is 4.00. The Balaban J connectivity index is 0.000000561. The summed E-state index contributed by atoms with van der Waals surface area (Å²) < 4.78 is 35.1. The summed E-state index contributed by atoms with van der Waals surface area (Å²) in [5, 5.41) is -0.0627. The molecule has 0 bridgehead atoms. The number of rotatable bonds is 0. The van der Waals surface area contributed by atoms with Crippen LogP contribution in [0, 0.1) is 0 Å². The molecule has 0 radical (unpaired) electrons. The summed E-state index contributed by atoms with van der Waals surface area (Å²) in [7, 11) is 0. The number of hydrogen-bond donors (Lipinski definition) is 1. The first-order valence-electron chi connectivity index (χ1n) is 3.28. The van der Waals surface area contributed by atoms with Gasteiger partial charge in [0.05, 0.1) is 6.20 Å². The molecule has 0 aliphatic carbocycles. The van der Waals surface area contributed by atoms with E-state index in [-0.39, 0.29) is 5.13 Å². The van der Waals surface area contributed by atoms with Crippen molar-refractivity contribution in [2.75, 3.05) is 5.73 Å². The van der Waals surface area contributed by atoms with E-state index in [1.54, 1.807) is 0 Å². The Kier molecular flexibility index (Phi) is 4.02. The second-order valence-corrected chi connectivity index (χ2v) is 2.62. The van der Waals surface area contributed by atoms with E-state index in [1.165, 1.54) is 0 Å². The lowest BCUT2D eigenvalue weighted by molar-refractivity contribution is -0.134. The molecule has 0 amide bonds. The zero-order chi connectivity index (χ0) is 9.78. The number of nitrogens with zero attached hydrogens (tertiary/aromatic N) is 1. The van der Waals surface area contributed by atoms with E-state index < -0.39 is 11.1 Å². The lowest BCUT2D eigenvalue weighted by Crippen LogP contribution is -2.00. The fourth-order valence-electron chi connectivity index (χ4n) is 0.419. The van der Waals surface area contributed by atoms with Crippen molar-refractivity contribution in [1.29, 1.82) is 0 Å². The van der Waals surface area contributed by atoms with Crippen LogP contribution in [-0.2, 0) is 6.18 Å². The van der Waals surface area contributed by atoms with Gasteiger partial charge in [0.25, 0.3) is 0 Å². The first kappa shape index (κ1) is 11.2. The van der Waals surface area contributed by atoms with Crippen molar-refractivity contribution in [2.45, 2.75) is 20.0 Å². The van der Waals surface area contributed by atoms with Crippen LogP contribution in [0.1, 0.15) is 18.7 Å². The van der Waals surface area contributed by atoms with Gasteiger partial charge in [-0.1, -0.05) is 25.2 Å². The van der Waals surface area contributed by atoms with Crippen LogP contribution in [0.5, 0.6) is 0 Å². The average molecular weight is 198 g/mol. The number of halogens is 3. The quantitative estimate of drug-likeness (QED) is 0.696. The van der Waals surface area contributed by atoms with Gasteiger partial charge in [-0.25, -0.2) is 4.98 Å². The molecule has 0 aromatic carbocycles. The Bertz CT molecular complexity index is 231. The van der Waals surface area contributed by atoms with Crippen LogP contribution in [0.15, 0.2) is 6.20 Å². The van der Waals surface area contributed by atoms with Gasteiger partial charge in [-0.3, -0.25) is 0 Å². The molecule has 0 aliphatic rings. The van der Waals surface area contributed by atoms with Crippen LogP contribution in [0.4, 0.5) is 18.3 Å². The fraction of sp³-hybridized carbons (Fsp3) is 0.500. The maximum absolute atomic E-state index is 11.7. The van der Waals surface area contributed by atoms with Crippen LogP contribution in [0.3, 0.4) is 0 Å². The highest BCUT2D eigenvalue weighted by atomic mass is 32.1. The minimum atomic E-state index is -4.31. The second kappa shape index (κ2) is 4.30. The number of anilines is 1. The summed E-state index contributed by atoms with van der Waals surface area (Å²) in [6.07, 6.45) is -3.59. The van der Waals surface area contributed by atoms with Crippen LogP contribution in [-0.4, -0.2) is 4.98 Å². The zero-order valence-electron chi connectivity index (χ0n) is 6.64. The smallest absolute Gasteiger partial charge is 0.375 e. The van der Waals surface area contributed by atoms with Crippen molar-refractivity contribution in [3.63, 3.8) is 0 Å². The van der Waals surface area contributed by atoms with E-state index in [9.17, 15) is 13.2 Å². The monoisotopic (exact) mass is 198 g/mol. The molecule has 0 atom stereocenters. The number of aromatic nitrogens is 1. The average Bonchev–Trinajstić information content (AvgIpc) is 2.39. The first-order valence-corrected chi connectivity index (χ1v) is 4.10. The maximum Gasteiger partial charge on any atom is 0.427 e. The fourth-order valence-corrected chi connectivity index (χ4v) is 0.971. The Labute approximate surface area is 72.2 Å². The number of nitrogens with two attached hydrogens (primary N) is 1. The van der Waals surface area contributed by atoms with Crippen LogP contribution in [0.25, 0.3) is 0 Å². The molecule has 6 heteroatoms. The molecule has 0 unspecified atom stereocenters. The molecule has 0 spiro atoms. The van der Waals surface area contributed by atoms with E-state index in [4.69, 9.17) is 5.73 Å². The van der Waals surface area contributed by atoms with Crippen LogP contribution in [0.2, 0.25) is 0 Å². The van der Waals surface area contributed by atoms with E-state index in [2.05, 4.69) is 4.98 Å². The molecule has 1 aromatic rings. The van der Waals surface area contributed by atoms with Gasteiger partial charge >= 0.3 is 6.18 Å². The number of alkyl halides is 3. The Morgan fingerprint density at radius 2 is 1.92 bits per heavy atom. The summed E-state index contributed by atoms with van der Waals surface area (Å²) in [4.78, 5) is 2.50. The second-order valence-electron chi connectivity index (χ2n) is 1.56. The molecule has 0 aliphatic heterocycles. The molecule has 0 fully saturated rings. The molecule has 2 nitrogen and oxygen atoms in total. The van der Waals surface area contributed by atoms with Gasteiger partial charge in [-0.15, -0.1) is 0 Å². The minimum Gasteiger partial charge on any atom is -0.375 e. The van der Waals surface area contributed by atoms with E-state index >= 15 is 0 Å². The van der Waals surface area contributed by atoms with Gasteiger partial charge in [0.15, 0.2) is 5.13 Å². The van der Waals surface area contributed by atoms with Crippen molar-refractivity contribution >= 4 is 16.5 Å². The Morgan fingerprint density at radius 3 is 2.08 bits per heavy atom. The number of nitrogen functional groups attached to an aromatic ring is 1. The highest BCUT2D eigenvalue weighted by Gasteiger charge is 2.32.